The van der Waals surface area contributed by atoms with E-state index in [1.54, 1.807) is 17.0 Å². The minimum atomic E-state index is -0.272. The lowest BCUT2D eigenvalue weighted by molar-refractivity contribution is 0.0664. The van der Waals surface area contributed by atoms with E-state index in [0.29, 0.717) is 37.6 Å². The Hall–Kier alpha value is -3.87. The summed E-state index contributed by atoms with van der Waals surface area (Å²) >= 11 is 0. The van der Waals surface area contributed by atoms with E-state index in [1.165, 1.54) is 12.1 Å². The Labute approximate surface area is 210 Å². The normalized spacial score (nSPS) is 15.7. The number of carbonyl (C=O) groups excluding carboxylic acids is 2. The Morgan fingerprint density at radius 3 is 2.53 bits per heavy atom. The third-order valence-electron chi connectivity index (χ3n) is 6.86. The second-order valence-electron chi connectivity index (χ2n) is 9.37. The SMILES string of the molecule is O=C1NCCN1c1cccc(C(=O)N(Cc2cccc(OCc3ccc(F)cc3)c2)C2CCCC2)c1. The lowest BCUT2D eigenvalue weighted by atomic mass is 10.1. The topological polar surface area (TPSA) is 61.9 Å². The molecule has 2 aliphatic rings. The largest absolute Gasteiger partial charge is 0.489 e. The third-order valence-corrected chi connectivity index (χ3v) is 6.86. The van der Waals surface area contributed by atoms with Crippen molar-refractivity contribution in [3.05, 3.63) is 95.3 Å². The summed E-state index contributed by atoms with van der Waals surface area (Å²) < 4.78 is 19.1. The zero-order valence-electron chi connectivity index (χ0n) is 20.2. The number of hydrogen-bond acceptors (Lipinski definition) is 3. The third kappa shape index (κ3) is 5.51. The van der Waals surface area contributed by atoms with E-state index in [9.17, 15) is 14.0 Å². The predicted molar refractivity (Wildman–Crippen MR) is 136 cm³/mol. The average Bonchev–Trinajstić information content (AvgIpc) is 3.59. The zero-order valence-corrected chi connectivity index (χ0v) is 20.2. The van der Waals surface area contributed by atoms with Crippen LogP contribution in [0.1, 0.15) is 47.2 Å². The Morgan fingerprint density at radius 1 is 1.00 bits per heavy atom. The van der Waals surface area contributed by atoms with E-state index >= 15 is 0 Å². The lowest BCUT2D eigenvalue weighted by Crippen LogP contribution is -2.38. The van der Waals surface area contributed by atoms with Crippen molar-refractivity contribution in [2.24, 2.45) is 0 Å². The molecular weight excluding hydrogens is 457 g/mol. The quantitative estimate of drug-likeness (QED) is 0.455. The predicted octanol–water partition coefficient (Wildman–Crippen LogP) is 5.52. The van der Waals surface area contributed by atoms with Crippen LogP contribution < -0.4 is 15.0 Å². The number of nitrogens with one attached hydrogen (secondary N) is 1. The van der Waals surface area contributed by atoms with Gasteiger partial charge in [-0.25, -0.2) is 9.18 Å². The van der Waals surface area contributed by atoms with Gasteiger partial charge in [0.1, 0.15) is 18.2 Å². The van der Waals surface area contributed by atoms with Crippen LogP contribution in [0.2, 0.25) is 0 Å². The highest BCUT2D eigenvalue weighted by Crippen LogP contribution is 2.28. The van der Waals surface area contributed by atoms with Crippen LogP contribution in [0, 0.1) is 5.82 Å². The molecule has 3 aromatic rings. The number of ether oxygens (including phenoxy) is 1. The molecule has 0 aromatic heterocycles. The molecule has 2 fully saturated rings. The molecule has 1 aliphatic heterocycles. The first-order valence-corrected chi connectivity index (χ1v) is 12.5. The molecule has 3 amide bonds. The van der Waals surface area contributed by atoms with E-state index < -0.39 is 0 Å². The van der Waals surface area contributed by atoms with Crippen LogP contribution in [0.25, 0.3) is 0 Å². The smallest absolute Gasteiger partial charge is 0.321 e. The molecule has 0 bridgehead atoms. The van der Waals surface area contributed by atoms with E-state index in [2.05, 4.69) is 5.32 Å². The molecule has 1 N–H and O–H groups in total. The van der Waals surface area contributed by atoms with Crippen LogP contribution in [0.15, 0.2) is 72.8 Å². The standard InChI is InChI=1S/C29H30FN3O3/c30-24-13-11-21(12-14-24)20-36-27-10-3-5-22(17-27)19-33(25-7-1-2-8-25)28(34)23-6-4-9-26(18-23)32-16-15-31-29(32)35/h3-6,9-14,17-18,25H,1-2,7-8,15-16,19-20H2,(H,31,35). The summed E-state index contributed by atoms with van der Waals surface area (Å²) in [5.74, 6) is 0.408. The second kappa shape index (κ2) is 10.8. The molecule has 0 spiro atoms. The Kier molecular flexibility index (Phi) is 7.16. The zero-order chi connectivity index (χ0) is 24.9. The van der Waals surface area contributed by atoms with Gasteiger partial charge in [0.15, 0.2) is 0 Å². The number of nitrogens with zero attached hydrogens (tertiary/aromatic N) is 2. The Morgan fingerprint density at radius 2 is 1.78 bits per heavy atom. The van der Waals surface area contributed by atoms with Crippen molar-refractivity contribution in [2.75, 3.05) is 18.0 Å². The number of rotatable bonds is 8. The van der Waals surface area contributed by atoms with Crippen LogP contribution in [0.3, 0.4) is 0 Å². The molecule has 1 saturated heterocycles. The van der Waals surface area contributed by atoms with Gasteiger partial charge in [-0.05, 0) is 66.4 Å². The van der Waals surface area contributed by atoms with Crippen molar-refractivity contribution >= 4 is 17.6 Å². The van der Waals surface area contributed by atoms with Gasteiger partial charge in [-0.1, -0.05) is 43.2 Å². The van der Waals surface area contributed by atoms with Crippen molar-refractivity contribution < 1.29 is 18.7 Å². The van der Waals surface area contributed by atoms with Gasteiger partial charge in [-0.3, -0.25) is 9.69 Å². The van der Waals surface area contributed by atoms with Gasteiger partial charge in [0.25, 0.3) is 5.91 Å². The molecule has 186 valence electrons. The highest BCUT2D eigenvalue weighted by Gasteiger charge is 2.29. The molecule has 1 saturated carbocycles. The average molecular weight is 488 g/mol. The highest BCUT2D eigenvalue weighted by atomic mass is 19.1. The van der Waals surface area contributed by atoms with Crippen molar-refractivity contribution in [2.45, 2.75) is 44.9 Å². The molecule has 0 radical (unpaired) electrons. The first kappa shape index (κ1) is 23.9. The maximum Gasteiger partial charge on any atom is 0.321 e. The van der Waals surface area contributed by atoms with Crippen molar-refractivity contribution in [3.8, 4) is 5.75 Å². The maximum absolute atomic E-state index is 13.8. The molecule has 6 nitrogen and oxygen atoms in total. The molecule has 0 atom stereocenters. The van der Waals surface area contributed by atoms with E-state index in [4.69, 9.17) is 4.74 Å². The number of benzene rings is 3. The fraction of sp³-hybridized carbons (Fsp3) is 0.310. The fourth-order valence-electron chi connectivity index (χ4n) is 4.95. The minimum absolute atomic E-state index is 0.0269. The second-order valence-corrected chi connectivity index (χ2v) is 9.37. The number of anilines is 1. The van der Waals surface area contributed by atoms with Gasteiger partial charge in [0.2, 0.25) is 0 Å². The fourth-order valence-corrected chi connectivity index (χ4v) is 4.95. The first-order chi connectivity index (χ1) is 17.6. The van der Waals surface area contributed by atoms with E-state index in [1.807, 2.05) is 53.4 Å². The summed E-state index contributed by atoms with van der Waals surface area (Å²) in [7, 11) is 0. The van der Waals surface area contributed by atoms with Crippen LogP contribution >= 0.6 is 0 Å². The number of halogens is 1. The van der Waals surface area contributed by atoms with Gasteiger partial charge in [-0.2, -0.15) is 0 Å². The Bertz CT molecular complexity index is 1220. The summed E-state index contributed by atoms with van der Waals surface area (Å²) in [6.45, 7) is 2.01. The van der Waals surface area contributed by atoms with Crippen molar-refractivity contribution in [1.82, 2.24) is 10.2 Å². The van der Waals surface area contributed by atoms with Gasteiger partial charge in [0.05, 0.1) is 0 Å². The molecule has 7 heteroatoms. The lowest BCUT2D eigenvalue weighted by Gasteiger charge is -2.30. The van der Waals surface area contributed by atoms with Gasteiger partial charge >= 0.3 is 6.03 Å². The first-order valence-electron chi connectivity index (χ1n) is 12.5. The van der Waals surface area contributed by atoms with Gasteiger partial charge in [0, 0.05) is 36.9 Å². The Balaban J connectivity index is 1.33. The number of carbonyl (C=O) groups is 2. The van der Waals surface area contributed by atoms with Crippen LogP contribution in [0.5, 0.6) is 5.75 Å². The maximum atomic E-state index is 13.8. The minimum Gasteiger partial charge on any atom is -0.489 e. The summed E-state index contributed by atoms with van der Waals surface area (Å²) in [6, 6.07) is 21.4. The van der Waals surface area contributed by atoms with Gasteiger partial charge in [-0.15, -0.1) is 0 Å². The summed E-state index contributed by atoms with van der Waals surface area (Å²) in [4.78, 5) is 29.5. The molecule has 36 heavy (non-hydrogen) atoms. The molecule has 0 unspecified atom stereocenters. The highest BCUT2D eigenvalue weighted by molar-refractivity contribution is 5.98. The summed E-state index contributed by atoms with van der Waals surface area (Å²) in [5.41, 5.74) is 3.19. The monoisotopic (exact) mass is 487 g/mol. The van der Waals surface area contributed by atoms with E-state index in [-0.39, 0.29) is 23.8 Å². The van der Waals surface area contributed by atoms with E-state index in [0.717, 1.165) is 42.5 Å². The summed E-state index contributed by atoms with van der Waals surface area (Å²) in [6.07, 6.45) is 4.20. The molecular formula is C29H30FN3O3. The molecule has 5 rings (SSSR count). The summed E-state index contributed by atoms with van der Waals surface area (Å²) in [5, 5.41) is 2.81. The van der Waals surface area contributed by atoms with Crippen molar-refractivity contribution in [1.29, 1.82) is 0 Å². The van der Waals surface area contributed by atoms with Crippen LogP contribution in [-0.2, 0) is 13.2 Å². The molecule has 1 heterocycles. The number of hydrogen-bond donors (Lipinski definition) is 1. The number of amides is 3. The van der Waals surface area contributed by atoms with Gasteiger partial charge < -0.3 is 15.0 Å². The molecule has 1 aliphatic carbocycles. The number of urea groups is 1. The van der Waals surface area contributed by atoms with Crippen LogP contribution in [-0.4, -0.2) is 36.0 Å². The van der Waals surface area contributed by atoms with Crippen LogP contribution in [0.4, 0.5) is 14.9 Å². The molecule has 3 aromatic carbocycles. The van der Waals surface area contributed by atoms with Crippen molar-refractivity contribution in [3.63, 3.8) is 0 Å².